The molecule has 0 radical (unpaired) electrons. The van der Waals surface area contributed by atoms with Gasteiger partial charge in [-0.05, 0) is 31.8 Å². The lowest BCUT2D eigenvalue weighted by Crippen LogP contribution is -2.24. The van der Waals surface area contributed by atoms with Crippen molar-refractivity contribution in [1.82, 2.24) is 0 Å². The summed E-state index contributed by atoms with van der Waals surface area (Å²) in [5.41, 5.74) is 0. The first-order valence-corrected chi connectivity index (χ1v) is 5.99. The molecule has 0 spiro atoms. The molecule has 0 aliphatic rings. The maximum atomic E-state index is 9.61. The summed E-state index contributed by atoms with van der Waals surface area (Å²) in [7, 11) is 0. The average Bonchev–Trinajstić information content (AvgIpc) is 2.33. The Hall–Kier alpha value is -1.30. The second-order valence-electron chi connectivity index (χ2n) is 3.76. The van der Waals surface area contributed by atoms with Crippen LogP contribution in [-0.2, 0) is 0 Å². The molecule has 0 aromatic rings. The largest absolute Gasteiger partial charge is 0.390 e. The molecule has 0 fully saturated rings. The first kappa shape index (κ1) is 15.7. The lowest BCUT2D eigenvalue weighted by Gasteiger charge is -2.13. The van der Waals surface area contributed by atoms with Gasteiger partial charge in [-0.2, -0.15) is 0 Å². The van der Waals surface area contributed by atoms with Gasteiger partial charge in [0.05, 0.1) is 12.2 Å². The number of aliphatic hydroxyl groups is 2. The van der Waals surface area contributed by atoms with Crippen molar-refractivity contribution in [2.45, 2.75) is 44.8 Å². The van der Waals surface area contributed by atoms with E-state index in [4.69, 9.17) is 6.42 Å². The molecule has 0 saturated carbocycles. The van der Waals surface area contributed by atoms with Crippen LogP contribution in [0.2, 0.25) is 0 Å². The van der Waals surface area contributed by atoms with E-state index in [1.165, 1.54) is 6.08 Å². The zero-order chi connectivity index (χ0) is 12.9. The van der Waals surface area contributed by atoms with Gasteiger partial charge in [0.25, 0.3) is 0 Å². The fourth-order valence-corrected chi connectivity index (χ4v) is 1.26. The molecule has 0 saturated heterocycles. The third-order valence-electron chi connectivity index (χ3n) is 2.25. The van der Waals surface area contributed by atoms with Crippen molar-refractivity contribution in [1.29, 1.82) is 0 Å². The van der Waals surface area contributed by atoms with E-state index in [1.54, 1.807) is 6.08 Å². The van der Waals surface area contributed by atoms with Crippen LogP contribution in [0, 0.1) is 12.3 Å². The lowest BCUT2D eigenvalue weighted by atomic mass is 10.1. The highest BCUT2D eigenvalue weighted by Gasteiger charge is 2.12. The molecule has 17 heavy (non-hydrogen) atoms. The fourth-order valence-electron chi connectivity index (χ4n) is 1.26. The molecule has 0 bridgehead atoms. The number of hydrogen-bond donors (Lipinski definition) is 2. The summed E-state index contributed by atoms with van der Waals surface area (Å²) in [6.45, 7) is 2.09. The molecular formula is C15H22O2. The van der Waals surface area contributed by atoms with Gasteiger partial charge in [-0.3, -0.25) is 0 Å². The Morgan fingerprint density at radius 3 is 2.18 bits per heavy atom. The van der Waals surface area contributed by atoms with Crippen molar-refractivity contribution >= 4 is 0 Å². The topological polar surface area (TPSA) is 40.5 Å². The minimum absolute atomic E-state index is 0.384. The minimum atomic E-state index is -0.754. The molecule has 0 aromatic heterocycles. The van der Waals surface area contributed by atoms with Gasteiger partial charge in [0.2, 0.25) is 0 Å². The quantitative estimate of drug-likeness (QED) is 0.500. The third-order valence-corrected chi connectivity index (χ3v) is 2.25. The normalized spacial score (nSPS) is 15.6. The van der Waals surface area contributed by atoms with Crippen molar-refractivity contribution in [2.24, 2.45) is 0 Å². The van der Waals surface area contributed by atoms with E-state index in [-0.39, 0.29) is 0 Å². The molecule has 0 heterocycles. The second-order valence-corrected chi connectivity index (χ2v) is 3.76. The minimum Gasteiger partial charge on any atom is -0.390 e. The lowest BCUT2D eigenvalue weighted by molar-refractivity contribution is 0.0238. The molecule has 2 atom stereocenters. The Kier molecular flexibility index (Phi) is 10.3. The van der Waals surface area contributed by atoms with E-state index in [1.807, 2.05) is 12.2 Å². The van der Waals surface area contributed by atoms with E-state index < -0.39 is 12.2 Å². The molecule has 0 rings (SSSR count). The van der Waals surface area contributed by atoms with E-state index in [2.05, 4.69) is 25.0 Å². The molecule has 0 aromatic carbocycles. The number of hydrogen-bond acceptors (Lipinski definition) is 2. The summed E-state index contributed by atoms with van der Waals surface area (Å²) in [6, 6.07) is 0. The van der Waals surface area contributed by atoms with Crippen LogP contribution in [-0.4, -0.2) is 22.4 Å². The van der Waals surface area contributed by atoms with Crippen molar-refractivity contribution in [2.75, 3.05) is 0 Å². The summed E-state index contributed by atoms with van der Waals surface area (Å²) in [5.74, 6) is 2.34. The zero-order valence-corrected chi connectivity index (χ0v) is 10.4. The van der Waals surface area contributed by atoms with Crippen LogP contribution in [0.15, 0.2) is 36.5 Å². The number of rotatable bonds is 8. The van der Waals surface area contributed by atoms with E-state index in [0.29, 0.717) is 12.8 Å². The fraction of sp³-hybridized carbons (Fsp3) is 0.467. The van der Waals surface area contributed by atoms with Crippen LogP contribution in [0.3, 0.4) is 0 Å². The molecule has 2 heteroatoms. The van der Waals surface area contributed by atoms with Crippen molar-refractivity contribution in [3.63, 3.8) is 0 Å². The maximum Gasteiger partial charge on any atom is 0.0836 e. The second kappa shape index (κ2) is 11.2. The van der Waals surface area contributed by atoms with Crippen LogP contribution in [0.4, 0.5) is 0 Å². The smallest absolute Gasteiger partial charge is 0.0836 e. The van der Waals surface area contributed by atoms with Gasteiger partial charge in [-0.1, -0.05) is 43.2 Å². The molecule has 0 aliphatic heterocycles. The predicted octanol–water partition coefficient (Wildman–Crippen LogP) is 2.59. The maximum absolute atomic E-state index is 9.61. The third kappa shape index (κ3) is 9.62. The van der Waals surface area contributed by atoms with Crippen molar-refractivity contribution in [3.8, 4) is 12.3 Å². The summed E-state index contributed by atoms with van der Waals surface area (Å²) < 4.78 is 0. The van der Waals surface area contributed by atoms with Crippen LogP contribution in [0.5, 0.6) is 0 Å². The van der Waals surface area contributed by atoms with Gasteiger partial charge >= 0.3 is 0 Å². The molecule has 0 amide bonds. The van der Waals surface area contributed by atoms with Gasteiger partial charge in [0, 0.05) is 0 Å². The van der Waals surface area contributed by atoms with E-state index >= 15 is 0 Å². The van der Waals surface area contributed by atoms with Gasteiger partial charge in [-0.15, -0.1) is 6.42 Å². The monoisotopic (exact) mass is 234 g/mol. The summed E-state index contributed by atoms with van der Waals surface area (Å²) >= 11 is 0. The summed E-state index contributed by atoms with van der Waals surface area (Å²) in [5, 5.41) is 19.2. The van der Waals surface area contributed by atoms with Gasteiger partial charge in [-0.25, -0.2) is 0 Å². The molecule has 0 unspecified atom stereocenters. The molecule has 0 aliphatic carbocycles. The standard InChI is InChI=1S/C15H22O2/c1-3-5-7-8-9-11-13-15(17)14(16)12-10-6-4-2/h2,5-7,9-11,14-17H,3,8,12-13H2,1H3/b7-5+,10-6-,11-9-/t14-,15+/m0/s1. The Morgan fingerprint density at radius 1 is 1.00 bits per heavy atom. The predicted molar refractivity (Wildman–Crippen MR) is 72.4 cm³/mol. The Labute approximate surface area is 104 Å². The van der Waals surface area contributed by atoms with Gasteiger partial charge in [0.1, 0.15) is 0 Å². The SMILES string of the molecule is C#C/C=C\C[C@H](O)[C@H](O)C/C=C\C/C=C/CC. The Balaban J connectivity index is 3.77. The van der Waals surface area contributed by atoms with Gasteiger partial charge < -0.3 is 10.2 Å². The summed E-state index contributed by atoms with van der Waals surface area (Å²) in [6.07, 6.45) is 17.6. The summed E-state index contributed by atoms with van der Waals surface area (Å²) in [4.78, 5) is 0. The molecule has 94 valence electrons. The average molecular weight is 234 g/mol. The highest BCUT2D eigenvalue weighted by molar-refractivity contribution is 5.09. The Morgan fingerprint density at radius 2 is 1.59 bits per heavy atom. The van der Waals surface area contributed by atoms with Crippen LogP contribution < -0.4 is 0 Å². The highest BCUT2D eigenvalue weighted by atomic mass is 16.3. The Bertz CT molecular complexity index is 295. The van der Waals surface area contributed by atoms with Crippen LogP contribution in [0.1, 0.15) is 32.6 Å². The van der Waals surface area contributed by atoms with E-state index in [9.17, 15) is 10.2 Å². The number of terminal acetylenes is 1. The molecule has 2 N–H and O–H groups in total. The number of aliphatic hydroxyl groups excluding tert-OH is 2. The van der Waals surface area contributed by atoms with E-state index in [0.717, 1.165) is 12.8 Å². The molecule has 2 nitrogen and oxygen atoms in total. The zero-order valence-electron chi connectivity index (χ0n) is 10.4. The van der Waals surface area contributed by atoms with Crippen LogP contribution >= 0.6 is 0 Å². The first-order chi connectivity index (χ1) is 8.22. The van der Waals surface area contributed by atoms with Crippen molar-refractivity contribution in [3.05, 3.63) is 36.5 Å². The first-order valence-electron chi connectivity index (χ1n) is 5.99. The van der Waals surface area contributed by atoms with Gasteiger partial charge in [0.15, 0.2) is 0 Å². The number of allylic oxidation sites excluding steroid dienone is 4. The van der Waals surface area contributed by atoms with Crippen LogP contribution in [0.25, 0.3) is 0 Å². The highest BCUT2D eigenvalue weighted by Crippen LogP contribution is 2.05. The molecular weight excluding hydrogens is 212 g/mol. The van der Waals surface area contributed by atoms with Crippen molar-refractivity contribution < 1.29 is 10.2 Å².